The predicted molar refractivity (Wildman–Crippen MR) is 119 cm³/mol. The van der Waals surface area contributed by atoms with Gasteiger partial charge >= 0.3 is 0 Å². The van der Waals surface area contributed by atoms with Gasteiger partial charge in [-0.05, 0) is 55.4 Å². The predicted octanol–water partition coefficient (Wildman–Crippen LogP) is 4.55. The number of anilines is 1. The molecular weight excluding hydrogens is 372 g/mol. The average Bonchev–Trinajstić information content (AvgIpc) is 3.35. The minimum atomic E-state index is -0.0244. The standard InChI is InChI=1S/C25H26N4O/c30-25(28-22-9-5-7-18-6-1-2-8-21(18)22)20-12-10-19(11-13-20)23-16-24(27-17-26-23)29-14-3-4-15-29/h1-2,6,8,10-13,16-17,22H,3-5,7,9,14-15H2,(H,28,30)/t22-/m1/s1. The van der Waals surface area contributed by atoms with E-state index in [-0.39, 0.29) is 11.9 Å². The van der Waals surface area contributed by atoms with Gasteiger partial charge in [-0.15, -0.1) is 0 Å². The number of amides is 1. The van der Waals surface area contributed by atoms with Crippen LogP contribution in [0.5, 0.6) is 0 Å². The molecule has 1 amide bonds. The van der Waals surface area contributed by atoms with Gasteiger partial charge in [0, 0.05) is 30.3 Å². The second kappa shape index (κ2) is 8.27. The Morgan fingerprint density at radius 3 is 2.60 bits per heavy atom. The summed E-state index contributed by atoms with van der Waals surface area (Å²) in [6.07, 6.45) is 7.25. The molecule has 5 rings (SSSR count). The van der Waals surface area contributed by atoms with Crippen molar-refractivity contribution in [3.63, 3.8) is 0 Å². The van der Waals surface area contributed by atoms with E-state index in [0.29, 0.717) is 5.56 Å². The van der Waals surface area contributed by atoms with E-state index in [1.165, 1.54) is 24.0 Å². The lowest BCUT2D eigenvalue weighted by Gasteiger charge is -2.26. The molecule has 5 heteroatoms. The van der Waals surface area contributed by atoms with Crippen molar-refractivity contribution in [2.75, 3.05) is 18.0 Å². The van der Waals surface area contributed by atoms with E-state index >= 15 is 0 Å². The smallest absolute Gasteiger partial charge is 0.251 e. The maximum absolute atomic E-state index is 12.9. The summed E-state index contributed by atoms with van der Waals surface area (Å²) in [6, 6.07) is 18.3. The Bertz CT molecular complexity index is 1040. The number of hydrogen-bond acceptors (Lipinski definition) is 4. The zero-order valence-corrected chi connectivity index (χ0v) is 17.1. The second-order valence-corrected chi connectivity index (χ2v) is 8.15. The first-order valence-electron chi connectivity index (χ1n) is 10.8. The quantitative estimate of drug-likeness (QED) is 0.700. The Morgan fingerprint density at radius 1 is 0.967 bits per heavy atom. The molecule has 0 bridgehead atoms. The summed E-state index contributed by atoms with van der Waals surface area (Å²) in [7, 11) is 0. The Hall–Kier alpha value is -3.21. The van der Waals surface area contributed by atoms with Crippen molar-refractivity contribution < 1.29 is 4.79 Å². The molecule has 5 nitrogen and oxygen atoms in total. The summed E-state index contributed by atoms with van der Waals surface area (Å²) < 4.78 is 0. The summed E-state index contributed by atoms with van der Waals surface area (Å²) in [5, 5.41) is 3.23. The van der Waals surface area contributed by atoms with Crippen molar-refractivity contribution in [2.24, 2.45) is 0 Å². The first-order valence-corrected chi connectivity index (χ1v) is 10.8. The molecule has 2 aromatic carbocycles. The minimum absolute atomic E-state index is 0.0244. The van der Waals surface area contributed by atoms with Crippen LogP contribution in [0.1, 0.15) is 53.2 Å². The van der Waals surface area contributed by atoms with Crippen LogP contribution in [0.3, 0.4) is 0 Å². The zero-order valence-electron chi connectivity index (χ0n) is 17.1. The number of rotatable bonds is 4. The summed E-state index contributed by atoms with van der Waals surface area (Å²) in [5.41, 5.74) is 5.17. The average molecular weight is 399 g/mol. The van der Waals surface area contributed by atoms with E-state index in [9.17, 15) is 4.79 Å². The fourth-order valence-corrected chi connectivity index (χ4v) is 4.56. The van der Waals surface area contributed by atoms with Gasteiger partial charge in [-0.2, -0.15) is 0 Å². The SMILES string of the molecule is O=C(N[C@@H]1CCCc2ccccc21)c1ccc(-c2cc(N3CCCC3)ncn2)cc1. The number of nitrogens with one attached hydrogen (secondary N) is 1. The Labute approximate surface area is 177 Å². The molecule has 0 saturated carbocycles. The number of fused-ring (bicyclic) bond motifs is 1. The molecule has 1 atom stereocenters. The highest BCUT2D eigenvalue weighted by atomic mass is 16.1. The number of carbonyl (C=O) groups is 1. The van der Waals surface area contributed by atoms with E-state index in [2.05, 4.69) is 44.5 Å². The highest BCUT2D eigenvalue weighted by Crippen LogP contribution is 2.30. The van der Waals surface area contributed by atoms with Crippen LogP contribution in [-0.2, 0) is 6.42 Å². The third kappa shape index (κ3) is 3.80. The lowest BCUT2D eigenvalue weighted by molar-refractivity contribution is 0.0933. The van der Waals surface area contributed by atoms with Crippen molar-refractivity contribution in [3.8, 4) is 11.3 Å². The van der Waals surface area contributed by atoms with Crippen LogP contribution in [0.25, 0.3) is 11.3 Å². The molecule has 1 fully saturated rings. The Kier molecular flexibility index (Phi) is 5.18. The number of aromatic nitrogens is 2. The number of hydrogen-bond donors (Lipinski definition) is 1. The zero-order chi connectivity index (χ0) is 20.3. The van der Waals surface area contributed by atoms with Crippen LogP contribution in [0, 0.1) is 0 Å². The van der Waals surface area contributed by atoms with Gasteiger partial charge in [0.05, 0.1) is 11.7 Å². The molecule has 2 aliphatic rings. The van der Waals surface area contributed by atoms with Crippen molar-refractivity contribution in [2.45, 2.75) is 38.1 Å². The van der Waals surface area contributed by atoms with Crippen LogP contribution < -0.4 is 10.2 Å². The largest absolute Gasteiger partial charge is 0.357 e. The Morgan fingerprint density at radius 2 is 1.77 bits per heavy atom. The normalized spacial score (nSPS) is 18.1. The highest BCUT2D eigenvalue weighted by molar-refractivity contribution is 5.95. The molecule has 0 unspecified atom stereocenters. The lowest BCUT2D eigenvalue weighted by atomic mass is 9.87. The molecular formula is C25H26N4O. The maximum Gasteiger partial charge on any atom is 0.251 e. The van der Waals surface area contributed by atoms with Crippen molar-refractivity contribution in [1.82, 2.24) is 15.3 Å². The number of nitrogens with zero attached hydrogens (tertiary/aromatic N) is 3. The second-order valence-electron chi connectivity index (χ2n) is 8.15. The first kappa shape index (κ1) is 18.8. The summed E-state index contributed by atoms with van der Waals surface area (Å²) in [4.78, 5) is 24.0. The van der Waals surface area contributed by atoms with Gasteiger partial charge in [0.25, 0.3) is 5.91 Å². The van der Waals surface area contributed by atoms with Gasteiger partial charge in [0.2, 0.25) is 0 Å². The molecule has 1 saturated heterocycles. The van der Waals surface area contributed by atoms with E-state index in [1.807, 2.05) is 30.3 Å². The molecule has 3 aromatic rings. The topological polar surface area (TPSA) is 58.1 Å². The van der Waals surface area contributed by atoms with Gasteiger partial charge in [-0.25, -0.2) is 9.97 Å². The molecule has 1 aliphatic carbocycles. The molecule has 152 valence electrons. The van der Waals surface area contributed by atoms with Crippen LogP contribution in [0.2, 0.25) is 0 Å². The summed E-state index contributed by atoms with van der Waals surface area (Å²) in [6.45, 7) is 2.11. The van der Waals surface area contributed by atoms with Crippen LogP contribution >= 0.6 is 0 Å². The third-order valence-corrected chi connectivity index (χ3v) is 6.20. The Balaban J connectivity index is 1.31. The number of carbonyl (C=O) groups excluding carboxylic acids is 1. The molecule has 0 spiro atoms. The summed E-state index contributed by atoms with van der Waals surface area (Å²) in [5.74, 6) is 0.957. The van der Waals surface area contributed by atoms with Crippen molar-refractivity contribution >= 4 is 11.7 Å². The van der Waals surface area contributed by atoms with Crippen LogP contribution in [0.4, 0.5) is 5.82 Å². The van der Waals surface area contributed by atoms with Gasteiger partial charge in [0.15, 0.2) is 0 Å². The van der Waals surface area contributed by atoms with Gasteiger partial charge in [0.1, 0.15) is 12.1 Å². The molecule has 0 radical (unpaired) electrons. The molecule has 1 N–H and O–H groups in total. The first-order chi connectivity index (χ1) is 14.8. The molecule has 30 heavy (non-hydrogen) atoms. The van der Waals surface area contributed by atoms with E-state index in [4.69, 9.17) is 0 Å². The van der Waals surface area contributed by atoms with Crippen molar-refractivity contribution in [1.29, 1.82) is 0 Å². The highest BCUT2D eigenvalue weighted by Gasteiger charge is 2.22. The van der Waals surface area contributed by atoms with E-state index in [1.54, 1.807) is 6.33 Å². The number of benzene rings is 2. The fourth-order valence-electron chi connectivity index (χ4n) is 4.56. The monoisotopic (exact) mass is 398 g/mol. The molecule has 2 heterocycles. The van der Waals surface area contributed by atoms with Gasteiger partial charge < -0.3 is 10.2 Å². The van der Waals surface area contributed by atoms with Gasteiger partial charge in [-0.1, -0.05) is 36.4 Å². The summed E-state index contributed by atoms with van der Waals surface area (Å²) >= 11 is 0. The molecule has 1 aromatic heterocycles. The van der Waals surface area contributed by atoms with Crippen LogP contribution in [0.15, 0.2) is 60.9 Å². The van der Waals surface area contributed by atoms with Crippen LogP contribution in [-0.4, -0.2) is 29.0 Å². The van der Waals surface area contributed by atoms with Crippen molar-refractivity contribution in [3.05, 3.63) is 77.6 Å². The molecule has 1 aliphatic heterocycles. The third-order valence-electron chi connectivity index (χ3n) is 6.20. The number of aryl methyl sites for hydroxylation is 1. The van der Waals surface area contributed by atoms with Gasteiger partial charge in [-0.3, -0.25) is 4.79 Å². The van der Waals surface area contributed by atoms with E-state index in [0.717, 1.165) is 49.4 Å². The minimum Gasteiger partial charge on any atom is -0.357 e. The van der Waals surface area contributed by atoms with E-state index < -0.39 is 0 Å². The lowest BCUT2D eigenvalue weighted by Crippen LogP contribution is -2.30. The fraction of sp³-hybridized carbons (Fsp3) is 0.320. The maximum atomic E-state index is 12.9.